The van der Waals surface area contributed by atoms with Gasteiger partial charge in [-0.15, -0.1) is 0 Å². The normalized spacial score (nSPS) is 36.1. The third kappa shape index (κ3) is 2.43. The van der Waals surface area contributed by atoms with Gasteiger partial charge in [-0.1, -0.05) is 13.3 Å². The molecule has 0 radical (unpaired) electrons. The van der Waals surface area contributed by atoms with Crippen LogP contribution < -0.4 is 5.32 Å². The van der Waals surface area contributed by atoms with Crippen LogP contribution in [0.15, 0.2) is 0 Å². The molecule has 2 saturated heterocycles. The second-order valence-corrected chi connectivity index (χ2v) is 7.62. The Morgan fingerprint density at radius 2 is 1.94 bits per heavy atom. The Kier molecular flexibility index (Phi) is 3.59. The summed E-state index contributed by atoms with van der Waals surface area (Å²) in [6.45, 7) is 3.35. The Bertz CT molecular complexity index is 317. The molecule has 2 aliphatic rings. The van der Waals surface area contributed by atoms with E-state index in [4.69, 9.17) is 0 Å². The van der Waals surface area contributed by atoms with Crippen molar-refractivity contribution in [3.63, 3.8) is 0 Å². The van der Waals surface area contributed by atoms with E-state index in [0.717, 1.165) is 25.8 Å². The minimum atomic E-state index is -2.72. The van der Waals surface area contributed by atoms with Crippen molar-refractivity contribution in [2.24, 2.45) is 5.92 Å². The van der Waals surface area contributed by atoms with E-state index in [1.54, 1.807) is 0 Å². The van der Waals surface area contributed by atoms with Gasteiger partial charge in [0.05, 0.1) is 11.5 Å². The van der Waals surface area contributed by atoms with Crippen LogP contribution in [0.2, 0.25) is 0 Å². The van der Waals surface area contributed by atoms with Crippen molar-refractivity contribution in [1.29, 1.82) is 0 Å². The van der Waals surface area contributed by atoms with Gasteiger partial charge in [0.1, 0.15) is 9.84 Å². The third-order valence-corrected chi connectivity index (χ3v) is 6.21. The lowest BCUT2D eigenvalue weighted by molar-refractivity contribution is 0.144. The zero-order valence-corrected chi connectivity index (χ0v) is 11.0. The molecule has 1 N–H and O–H groups in total. The van der Waals surface area contributed by atoms with E-state index in [1.165, 1.54) is 19.3 Å². The van der Waals surface area contributed by atoms with Crippen LogP contribution in [0, 0.1) is 5.92 Å². The molecule has 16 heavy (non-hydrogen) atoms. The highest BCUT2D eigenvalue weighted by molar-refractivity contribution is 7.91. The van der Waals surface area contributed by atoms with Gasteiger partial charge in [0.15, 0.2) is 0 Å². The van der Waals surface area contributed by atoms with Gasteiger partial charge in [-0.2, -0.15) is 0 Å². The van der Waals surface area contributed by atoms with Crippen molar-refractivity contribution in [1.82, 2.24) is 5.32 Å². The summed E-state index contributed by atoms with van der Waals surface area (Å²) in [5.41, 5.74) is 0.244. The van der Waals surface area contributed by atoms with Crippen LogP contribution in [-0.2, 0) is 9.84 Å². The number of piperidine rings is 1. The quantitative estimate of drug-likeness (QED) is 0.806. The molecule has 2 rings (SSSR count). The van der Waals surface area contributed by atoms with Gasteiger partial charge in [-0.25, -0.2) is 8.42 Å². The second kappa shape index (κ2) is 4.65. The Morgan fingerprint density at radius 3 is 2.44 bits per heavy atom. The molecule has 0 amide bonds. The smallest absolute Gasteiger partial charge is 0.150 e. The predicted octanol–water partition coefficient (Wildman–Crippen LogP) is 1.73. The van der Waals surface area contributed by atoms with Gasteiger partial charge in [0, 0.05) is 5.54 Å². The van der Waals surface area contributed by atoms with Gasteiger partial charge in [-0.05, 0) is 44.6 Å². The van der Waals surface area contributed by atoms with Gasteiger partial charge in [0.25, 0.3) is 0 Å². The van der Waals surface area contributed by atoms with Crippen molar-refractivity contribution in [3.05, 3.63) is 0 Å². The summed E-state index contributed by atoms with van der Waals surface area (Å²) in [4.78, 5) is 0. The Morgan fingerprint density at radius 1 is 1.25 bits per heavy atom. The zero-order chi connectivity index (χ0) is 11.6. The molecule has 0 bridgehead atoms. The molecule has 2 heterocycles. The van der Waals surface area contributed by atoms with Crippen LogP contribution in [0.4, 0.5) is 0 Å². The molecule has 0 aliphatic carbocycles. The maximum Gasteiger partial charge on any atom is 0.150 e. The first kappa shape index (κ1) is 12.4. The monoisotopic (exact) mass is 245 g/mol. The lowest BCUT2D eigenvalue weighted by Gasteiger charge is -2.45. The number of hydrogen-bond acceptors (Lipinski definition) is 3. The SMILES string of the molecule is CCC1(C2CCS(=O)(=O)CC2)CCCCN1. The first-order valence-electron chi connectivity index (χ1n) is 6.53. The first-order chi connectivity index (χ1) is 7.58. The minimum absolute atomic E-state index is 0.244. The van der Waals surface area contributed by atoms with Crippen molar-refractivity contribution in [2.45, 2.75) is 51.0 Å². The second-order valence-electron chi connectivity index (χ2n) is 5.32. The van der Waals surface area contributed by atoms with Crippen LogP contribution in [0.1, 0.15) is 45.4 Å². The summed E-state index contributed by atoms with van der Waals surface area (Å²) in [5.74, 6) is 1.38. The number of sulfone groups is 1. The summed E-state index contributed by atoms with van der Waals surface area (Å²) in [5, 5.41) is 3.68. The summed E-state index contributed by atoms with van der Waals surface area (Å²) in [7, 11) is -2.72. The lowest BCUT2D eigenvalue weighted by atomic mass is 9.73. The molecule has 94 valence electrons. The molecule has 0 spiro atoms. The number of hydrogen-bond donors (Lipinski definition) is 1. The van der Waals surface area contributed by atoms with Gasteiger partial charge in [0.2, 0.25) is 0 Å². The molecule has 3 nitrogen and oxygen atoms in total. The van der Waals surface area contributed by atoms with E-state index in [-0.39, 0.29) is 5.54 Å². The van der Waals surface area contributed by atoms with E-state index >= 15 is 0 Å². The van der Waals surface area contributed by atoms with Crippen molar-refractivity contribution in [2.75, 3.05) is 18.1 Å². The molecule has 0 aromatic heterocycles. The molecular weight excluding hydrogens is 222 g/mol. The van der Waals surface area contributed by atoms with E-state index in [0.29, 0.717) is 17.4 Å². The average molecular weight is 245 g/mol. The standard InChI is InChI=1S/C12H23NO2S/c1-2-12(7-3-4-8-13-12)11-5-9-16(14,15)10-6-11/h11,13H,2-10H2,1H3. The fourth-order valence-electron chi connectivity index (χ4n) is 3.37. The Hall–Kier alpha value is -0.0900. The van der Waals surface area contributed by atoms with Gasteiger partial charge < -0.3 is 5.32 Å². The molecule has 0 saturated carbocycles. The van der Waals surface area contributed by atoms with Gasteiger partial charge >= 0.3 is 0 Å². The van der Waals surface area contributed by atoms with Crippen molar-refractivity contribution >= 4 is 9.84 Å². The van der Waals surface area contributed by atoms with Crippen molar-refractivity contribution < 1.29 is 8.42 Å². The van der Waals surface area contributed by atoms with Crippen LogP contribution in [0.3, 0.4) is 0 Å². The maximum absolute atomic E-state index is 11.5. The summed E-state index contributed by atoms with van der Waals surface area (Å²) in [6, 6.07) is 0. The van der Waals surface area contributed by atoms with Crippen LogP contribution in [-0.4, -0.2) is 32.0 Å². The highest BCUT2D eigenvalue weighted by Crippen LogP contribution is 2.37. The van der Waals surface area contributed by atoms with Crippen LogP contribution in [0.5, 0.6) is 0 Å². The third-order valence-electron chi connectivity index (χ3n) is 4.49. The topological polar surface area (TPSA) is 46.2 Å². The summed E-state index contributed by atoms with van der Waals surface area (Å²) in [6.07, 6.45) is 6.66. The lowest BCUT2D eigenvalue weighted by Crippen LogP contribution is -2.55. The maximum atomic E-state index is 11.5. The molecule has 2 aliphatic heterocycles. The Labute approximate surface area is 98.9 Å². The molecule has 0 aromatic rings. The summed E-state index contributed by atoms with van der Waals surface area (Å²) >= 11 is 0. The molecule has 4 heteroatoms. The number of rotatable bonds is 2. The first-order valence-corrected chi connectivity index (χ1v) is 8.35. The highest BCUT2D eigenvalue weighted by Gasteiger charge is 2.40. The van der Waals surface area contributed by atoms with Crippen molar-refractivity contribution in [3.8, 4) is 0 Å². The predicted molar refractivity (Wildman–Crippen MR) is 66.3 cm³/mol. The number of nitrogens with one attached hydrogen (secondary N) is 1. The van der Waals surface area contributed by atoms with E-state index in [2.05, 4.69) is 12.2 Å². The molecule has 1 atom stereocenters. The molecule has 0 aromatic carbocycles. The fourth-order valence-corrected chi connectivity index (χ4v) is 4.86. The molecular formula is C12H23NO2S. The van der Waals surface area contributed by atoms with E-state index < -0.39 is 9.84 Å². The minimum Gasteiger partial charge on any atom is -0.311 e. The van der Waals surface area contributed by atoms with Crippen LogP contribution >= 0.6 is 0 Å². The van der Waals surface area contributed by atoms with E-state index in [9.17, 15) is 8.42 Å². The molecule has 1 unspecified atom stereocenters. The van der Waals surface area contributed by atoms with E-state index in [1.807, 2.05) is 0 Å². The average Bonchev–Trinajstić information content (AvgIpc) is 2.30. The fraction of sp³-hybridized carbons (Fsp3) is 1.00. The highest BCUT2D eigenvalue weighted by atomic mass is 32.2. The van der Waals surface area contributed by atoms with Crippen LogP contribution in [0.25, 0.3) is 0 Å². The summed E-state index contributed by atoms with van der Waals surface area (Å²) < 4.78 is 22.9. The largest absolute Gasteiger partial charge is 0.311 e. The Balaban J connectivity index is 2.05. The zero-order valence-electron chi connectivity index (χ0n) is 10.2. The molecule has 2 fully saturated rings. The van der Waals surface area contributed by atoms with Gasteiger partial charge in [-0.3, -0.25) is 0 Å².